The Morgan fingerprint density at radius 1 is 1.35 bits per heavy atom. The Kier molecular flexibility index (Phi) is 5.42. The molecule has 0 saturated heterocycles. The van der Waals surface area contributed by atoms with E-state index in [4.69, 9.17) is 11.6 Å². The predicted octanol–water partition coefficient (Wildman–Crippen LogP) is 4.56. The van der Waals surface area contributed by atoms with E-state index in [-0.39, 0.29) is 16.4 Å². The molecule has 17 heavy (non-hydrogen) atoms. The van der Waals surface area contributed by atoms with Gasteiger partial charge in [0.15, 0.2) is 0 Å². The van der Waals surface area contributed by atoms with E-state index < -0.39 is 0 Å². The summed E-state index contributed by atoms with van der Waals surface area (Å²) in [6, 6.07) is 3.57. The van der Waals surface area contributed by atoms with E-state index in [1.165, 1.54) is 0 Å². The summed E-state index contributed by atoms with van der Waals surface area (Å²) in [6.45, 7) is 7.22. The van der Waals surface area contributed by atoms with Crippen molar-refractivity contribution in [1.82, 2.24) is 5.32 Å². The first-order valence-corrected chi connectivity index (χ1v) is 6.86. The van der Waals surface area contributed by atoms with Crippen molar-refractivity contribution in [3.05, 3.63) is 33.0 Å². The highest BCUT2D eigenvalue weighted by Crippen LogP contribution is 2.28. The molecule has 4 heteroatoms. The zero-order chi connectivity index (χ0) is 13.1. The summed E-state index contributed by atoms with van der Waals surface area (Å²) in [5, 5.41) is 3.55. The minimum absolute atomic E-state index is 0.107. The van der Waals surface area contributed by atoms with E-state index in [1.807, 2.05) is 0 Å². The zero-order valence-corrected chi connectivity index (χ0v) is 12.8. The highest BCUT2D eigenvalue weighted by Gasteiger charge is 2.11. The van der Waals surface area contributed by atoms with Crippen molar-refractivity contribution >= 4 is 27.5 Å². The van der Waals surface area contributed by atoms with Gasteiger partial charge in [0.05, 0.1) is 5.02 Å². The Morgan fingerprint density at radius 3 is 2.59 bits per heavy atom. The Morgan fingerprint density at radius 2 is 2.00 bits per heavy atom. The topological polar surface area (TPSA) is 12.0 Å². The fourth-order valence-electron chi connectivity index (χ4n) is 1.50. The maximum Gasteiger partial charge on any atom is 0.146 e. The van der Waals surface area contributed by atoms with E-state index >= 15 is 0 Å². The number of hydrogen-bond donors (Lipinski definition) is 1. The molecule has 0 fully saturated rings. The SMILES string of the molecule is CC(C)(C)NCCCc1ccc(Br)c(Cl)c1F. The van der Waals surface area contributed by atoms with Crippen LogP contribution in [0, 0.1) is 5.82 Å². The van der Waals surface area contributed by atoms with E-state index in [1.54, 1.807) is 12.1 Å². The Hall–Kier alpha value is -0.120. The van der Waals surface area contributed by atoms with E-state index in [0.717, 1.165) is 13.0 Å². The Bertz CT molecular complexity index is 388. The van der Waals surface area contributed by atoms with Crippen LogP contribution in [0.15, 0.2) is 16.6 Å². The average molecular weight is 323 g/mol. The minimum atomic E-state index is -0.309. The summed E-state index contributed by atoms with van der Waals surface area (Å²) in [7, 11) is 0. The molecule has 0 aliphatic heterocycles. The van der Waals surface area contributed by atoms with Crippen molar-refractivity contribution in [3.8, 4) is 0 Å². The lowest BCUT2D eigenvalue weighted by Crippen LogP contribution is -2.36. The molecule has 0 aliphatic carbocycles. The summed E-state index contributed by atoms with van der Waals surface area (Å²) >= 11 is 9.03. The summed E-state index contributed by atoms with van der Waals surface area (Å²) in [5.74, 6) is -0.309. The van der Waals surface area contributed by atoms with Crippen molar-refractivity contribution in [2.75, 3.05) is 6.54 Å². The molecule has 0 spiro atoms. The molecular weight excluding hydrogens is 305 g/mol. The normalized spacial score (nSPS) is 11.9. The monoisotopic (exact) mass is 321 g/mol. The number of benzene rings is 1. The molecule has 0 aliphatic rings. The van der Waals surface area contributed by atoms with Gasteiger partial charge >= 0.3 is 0 Å². The van der Waals surface area contributed by atoms with Gasteiger partial charge in [-0.15, -0.1) is 0 Å². The number of nitrogens with one attached hydrogen (secondary N) is 1. The van der Waals surface area contributed by atoms with Crippen LogP contribution in [0.25, 0.3) is 0 Å². The van der Waals surface area contributed by atoms with Gasteiger partial charge in [-0.25, -0.2) is 4.39 Å². The first-order chi connectivity index (χ1) is 7.81. The maximum atomic E-state index is 13.7. The smallest absolute Gasteiger partial charge is 0.146 e. The lowest BCUT2D eigenvalue weighted by molar-refractivity contribution is 0.421. The second-order valence-corrected chi connectivity index (χ2v) is 6.35. The van der Waals surface area contributed by atoms with Gasteiger partial charge in [-0.05, 0) is 67.7 Å². The largest absolute Gasteiger partial charge is 0.312 e. The third-order valence-electron chi connectivity index (χ3n) is 2.39. The van der Waals surface area contributed by atoms with Crippen molar-refractivity contribution < 1.29 is 4.39 Å². The van der Waals surface area contributed by atoms with Crippen molar-refractivity contribution in [2.45, 2.75) is 39.2 Å². The fraction of sp³-hybridized carbons (Fsp3) is 0.538. The van der Waals surface area contributed by atoms with Crippen LogP contribution in [-0.2, 0) is 6.42 Å². The maximum absolute atomic E-state index is 13.7. The molecule has 0 radical (unpaired) electrons. The van der Waals surface area contributed by atoms with Gasteiger partial charge in [-0.2, -0.15) is 0 Å². The van der Waals surface area contributed by atoms with Gasteiger partial charge in [-0.3, -0.25) is 0 Å². The summed E-state index contributed by atoms with van der Waals surface area (Å²) in [5.41, 5.74) is 0.782. The van der Waals surface area contributed by atoms with Gasteiger partial charge in [0, 0.05) is 10.0 Å². The fourth-order valence-corrected chi connectivity index (χ4v) is 1.99. The molecular formula is C13H18BrClFN. The third-order valence-corrected chi connectivity index (χ3v) is 3.65. The van der Waals surface area contributed by atoms with Crippen LogP contribution < -0.4 is 5.32 Å². The van der Waals surface area contributed by atoms with E-state index in [2.05, 4.69) is 42.0 Å². The van der Waals surface area contributed by atoms with Gasteiger partial charge in [0.25, 0.3) is 0 Å². The average Bonchev–Trinajstić information content (AvgIpc) is 2.22. The van der Waals surface area contributed by atoms with Crippen LogP contribution in [-0.4, -0.2) is 12.1 Å². The second-order valence-electron chi connectivity index (χ2n) is 5.11. The van der Waals surface area contributed by atoms with Crippen LogP contribution in [0.3, 0.4) is 0 Å². The molecule has 1 N–H and O–H groups in total. The van der Waals surface area contributed by atoms with Crippen LogP contribution in [0.2, 0.25) is 5.02 Å². The molecule has 0 saturated carbocycles. The number of aryl methyl sites for hydroxylation is 1. The molecule has 1 aromatic carbocycles. The quantitative estimate of drug-likeness (QED) is 0.633. The lowest BCUT2D eigenvalue weighted by atomic mass is 10.1. The van der Waals surface area contributed by atoms with Gasteiger partial charge in [-0.1, -0.05) is 17.7 Å². The van der Waals surface area contributed by atoms with Crippen LogP contribution >= 0.6 is 27.5 Å². The van der Waals surface area contributed by atoms with Crippen LogP contribution in [0.5, 0.6) is 0 Å². The number of rotatable bonds is 4. The number of halogens is 3. The highest BCUT2D eigenvalue weighted by molar-refractivity contribution is 9.10. The van der Waals surface area contributed by atoms with Crippen LogP contribution in [0.1, 0.15) is 32.8 Å². The standard InChI is InChI=1S/C13H18BrClFN/c1-13(2,3)17-8-4-5-9-6-7-10(14)11(15)12(9)16/h6-7,17H,4-5,8H2,1-3H3. The van der Waals surface area contributed by atoms with Gasteiger partial charge in [0.1, 0.15) is 5.82 Å². The Labute approximate surface area is 116 Å². The molecule has 0 heterocycles. The van der Waals surface area contributed by atoms with Crippen LogP contribution in [0.4, 0.5) is 4.39 Å². The zero-order valence-electron chi connectivity index (χ0n) is 10.4. The molecule has 0 bridgehead atoms. The van der Waals surface area contributed by atoms with Crippen molar-refractivity contribution in [3.63, 3.8) is 0 Å². The third kappa shape index (κ3) is 4.94. The summed E-state index contributed by atoms with van der Waals surface area (Å²) in [6.07, 6.45) is 1.59. The first kappa shape index (κ1) is 14.9. The highest BCUT2D eigenvalue weighted by atomic mass is 79.9. The molecule has 1 nitrogen and oxygen atoms in total. The molecule has 0 amide bonds. The summed E-state index contributed by atoms with van der Waals surface area (Å²) in [4.78, 5) is 0. The molecule has 0 unspecified atom stereocenters. The summed E-state index contributed by atoms with van der Waals surface area (Å²) < 4.78 is 14.3. The first-order valence-electron chi connectivity index (χ1n) is 5.68. The second kappa shape index (κ2) is 6.17. The Balaban J connectivity index is 2.51. The van der Waals surface area contributed by atoms with Gasteiger partial charge in [0.2, 0.25) is 0 Å². The van der Waals surface area contributed by atoms with E-state index in [0.29, 0.717) is 16.5 Å². The molecule has 0 atom stereocenters. The molecule has 1 aromatic rings. The minimum Gasteiger partial charge on any atom is -0.312 e. The van der Waals surface area contributed by atoms with Crippen molar-refractivity contribution in [1.29, 1.82) is 0 Å². The van der Waals surface area contributed by atoms with Gasteiger partial charge < -0.3 is 5.32 Å². The molecule has 1 rings (SSSR count). The molecule has 0 aromatic heterocycles. The lowest BCUT2D eigenvalue weighted by Gasteiger charge is -2.20. The number of hydrogen-bond acceptors (Lipinski definition) is 1. The molecule has 96 valence electrons. The van der Waals surface area contributed by atoms with Crippen molar-refractivity contribution in [2.24, 2.45) is 0 Å². The predicted molar refractivity (Wildman–Crippen MR) is 75.2 cm³/mol. The van der Waals surface area contributed by atoms with E-state index in [9.17, 15) is 4.39 Å².